The van der Waals surface area contributed by atoms with E-state index in [0.717, 1.165) is 35.5 Å². The highest BCUT2D eigenvalue weighted by Gasteiger charge is 2.30. The molecule has 1 heterocycles. The van der Waals surface area contributed by atoms with E-state index in [2.05, 4.69) is 28.5 Å². The van der Waals surface area contributed by atoms with E-state index in [4.69, 9.17) is 17.3 Å². The van der Waals surface area contributed by atoms with Crippen LogP contribution < -0.4 is 0 Å². The van der Waals surface area contributed by atoms with Gasteiger partial charge in [-0.15, -0.1) is 0 Å². The summed E-state index contributed by atoms with van der Waals surface area (Å²) < 4.78 is 43.0. The molecule has 9 heteroatoms. The molecule has 1 aromatic heterocycles. The maximum absolute atomic E-state index is 12.8. The third-order valence-corrected chi connectivity index (χ3v) is 5.98. The molecule has 0 aliphatic rings. The molecule has 0 amide bonds. The normalized spacial score (nSPS) is 13.1. The van der Waals surface area contributed by atoms with Gasteiger partial charge in [0.2, 0.25) is 0 Å². The third kappa shape index (κ3) is 6.31. The summed E-state index contributed by atoms with van der Waals surface area (Å²) in [5.74, 6) is 0.902. The SMILES string of the molecule is CC[C@H](c1nn(CN(C)Cc2ccc(C(F)(F)F)cc2)c(=S)n1Cc1ccccc1)N(C)C. The van der Waals surface area contributed by atoms with E-state index in [1.54, 1.807) is 4.68 Å². The molecular formula is C24H30F3N5S. The Bertz CT molecular complexity index is 1090. The first-order valence-electron chi connectivity index (χ1n) is 10.8. The zero-order valence-corrected chi connectivity index (χ0v) is 20.2. The fraction of sp³-hybridized carbons (Fsp3) is 0.417. The number of benzene rings is 2. The number of halogens is 3. The Morgan fingerprint density at radius 1 is 0.970 bits per heavy atom. The topological polar surface area (TPSA) is 29.2 Å². The minimum atomic E-state index is -4.33. The van der Waals surface area contributed by atoms with E-state index in [-0.39, 0.29) is 6.04 Å². The first kappa shape index (κ1) is 25.1. The van der Waals surface area contributed by atoms with Gasteiger partial charge in [-0.1, -0.05) is 49.4 Å². The minimum absolute atomic E-state index is 0.108. The van der Waals surface area contributed by atoms with Crippen LogP contribution in [-0.2, 0) is 25.9 Å². The molecule has 3 rings (SSSR count). The van der Waals surface area contributed by atoms with E-state index in [1.807, 2.05) is 44.2 Å². The Kier molecular flexibility index (Phi) is 8.10. The number of rotatable bonds is 9. The van der Waals surface area contributed by atoms with E-state index in [9.17, 15) is 13.2 Å². The maximum atomic E-state index is 12.8. The third-order valence-electron chi connectivity index (χ3n) is 5.55. The highest BCUT2D eigenvalue weighted by Crippen LogP contribution is 2.29. The van der Waals surface area contributed by atoms with Crippen molar-refractivity contribution in [2.45, 2.75) is 45.3 Å². The van der Waals surface area contributed by atoms with Crippen molar-refractivity contribution in [1.82, 2.24) is 24.1 Å². The first-order valence-corrected chi connectivity index (χ1v) is 11.2. The number of nitrogens with zero attached hydrogens (tertiary/aromatic N) is 5. The van der Waals surface area contributed by atoms with Crippen molar-refractivity contribution in [2.75, 3.05) is 21.1 Å². The number of aromatic nitrogens is 3. The average molecular weight is 478 g/mol. The molecule has 5 nitrogen and oxygen atoms in total. The standard InChI is InChI=1S/C24H30F3N5S/c1-5-21(29(2)3)22-28-32(23(33)31(22)16-18-9-7-6-8-10-18)17-30(4)15-19-11-13-20(14-12-19)24(25,26)27/h6-14,21H,5,15-17H2,1-4H3/t21-/m1/s1. The van der Waals surface area contributed by atoms with Crippen molar-refractivity contribution >= 4 is 12.2 Å². The molecule has 178 valence electrons. The van der Waals surface area contributed by atoms with E-state index in [0.29, 0.717) is 24.5 Å². The Labute approximate surface area is 198 Å². The van der Waals surface area contributed by atoms with Crippen LogP contribution in [0.1, 0.15) is 41.9 Å². The van der Waals surface area contributed by atoms with Gasteiger partial charge in [0, 0.05) is 6.54 Å². The molecule has 0 saturated carbocycles. The predicted molar refractivity (Wildman–Crippen MR) is 126 cm³/mol. The van der Waals surface area contributed by atoms with Gasteiger partial charge in [0.05, 0.1) is 24.8 Å². The summed E-state index contributed by atoms with van der Waals surface area (Å²) >= 11 is 5.80. The second-order valence-corrected chi connectivity index (χ2v) is 8.82. The molecule has 2 aromatic carbocycles. The molecule has 0 aliphatic carbocycles. The monoisotopic (exact) mass is 477 g/mol. The molecule has 0 spiro atoms. The molecule has 0 unspecified atom stereocenters. The molecule has 0 bridgehead atoms. The molecular weight excluding hydrogens is 447 g/mol. The lowest BCUT2D eigenvalue weighted by Crippen LogP contribution is -2.24. The number of hydrogen-bond donors (Lipinski definition) is 0. The largest absolute Gasteiger partial charge is 0.416 e. The van der Waals surface area contributed by atoms with E-state index in [1.165, 1.54) is 12.1 Å². The Balaban J connectivity index is 1.84. The van der Waals surface area contributed by atoms with Crippen molar-refractivity contribution < 1.29 is 13.2 Å². The first-order chi connectivity index (χ1) is 15.6. The lowest BCUT2D eigenvalue weighted by molar-refractivity contribution is -0.137. The van der Waals surface area contributed by atoms with Gasteiger partial charge in [0.15, 0.2) is 4.77 Å². The van der Waals surface area contributed by atoms with Crippen LogP contribution in [0.4, 0.5) is 13.2 Å². The van der Waals surface area contributed by atoms with Crippen LogP contribution in [0.15, 0.2) is 54.6 Å². The van der Waals surface area contributed by atoms with Gasteiger partial charge in [-0.05, 0) is 63.0 Å². The predicted octanol–water partition coefficient (Wildman–Crippen LogP) is 5.58. The van der Waals surface area contributed by atoms with Crippen molar-refractivity contribution in [1.29, 1.82) is 0 Å². The van der Waals surface area contributed by atoms with Crippen molar-refractivity contribution in [3.63, 3.8) is 0 Å². The van der Waals surface area contributed by atoms with Crippen molar-refractivity contribution in [3.05, 3.63) is 81.9 Å². The van der Waals surface area contributed by atoms with Crippen LogP contribution in [0.25, 0.3) is 0 Å². The van der Waals surface area contributed by atoms with Crippen molar-refractivity contribution in [2.24, 2.45) is 0 Å². The van der Waals surface area contributed by atoms with Crippen LogP contribution >= 0.6 is 12.2 Å². The summed E-state index contributed by atoms with van der Waals surface area (Å²) in [5, 5.41) is 4.87. The molecule has 0 fully saturated rings. The average Bonchev–Trinajstić information content (AvgIpc) is 3.04. The van der Waals surface area contributed by atoms with Crippen LogP contribution in [0.3, 0.4) is 0 Å². The van der Waals surface area contributed by atoms with Gasteiger partial charge in [0.25, 0.3) is 0 Å². The highest BCUT2D eigenvalue weighted by molar-refractivity contribution is 7.71. The smallest absolute Gasteiger partial charge is 0.300 e. The van der Waals surface area contributed by atoms with E-state index >= 15 is 0 Å². The number of alkyl halides is 3. The summed E-state index contributed by atoms with van der Waals surface area (Å²) in [5.41, 5.74) is 1.29. The fourth-order valence-corrected chi connectivity index (χ4v) is 4.14. The minimum Gasteiger partial charge on any atom is -0.300 e. The highest BCUT2D eigenvalue weighted by atomic mass is 32.1. The second kappa shape index (κ2) is 10.6. The summed E-state index contributed by atoms with van der Waals surface area (Å²) in [6.45, 7) is 3.66. The Morgan fingerprint density at radius 3 is 2.15 bits per heavy atom. The fourth-order valence-electron chi connectivity index (χ4n) is 3.88. The quantitative estimate of drug-likeness (QED) is 0.376. The second-order valence-electron chi connectivity index (χ2n) is 8.45. The molecule has 33 heavy (non-hydrogen) atoms. The van der Waals surface area contributed by atoms with Crippen molar-refractivity contribution in [3.8, 4) is 0 Å². The Hall–Kier alpha value is -2.49. The van der Waals surface area contributed by atoms with Gasteiger partial charge in [-0.2, -0.15) is 18.3 Å². The summed E-state index contributed by atoms with van der Waals surface area (Å²) in [6.07, 6.45) is -3.45. The maximum Gasteiger partial charge on any atom is 0.416 e. The molecule has 0 aliphatic heterocycles. The van der Waals surface area contributed by atoms with Crippen LogP contribution in [-0.4, -0.2) is 45.3 Å². The van der Waals surface area contributed by atoms with Gasteiger partial charge in [-0.3, -0.25) is 14.4 Å². The summed E-state index contributed by atoms with van der Waals surface area (Å²) in [7, 11) is 5.96. The summed E-state index contributed by atoms with van der Waals surface area (Å²) in [4.78, 5) is 4.12. The van der Waals surface area contributed by atoms with E-state index < -0.39 is 11.7 Å². The zero-order valence-electron chi connectivity index (χ0n) is 19.4. The van der Waals surface area contributed by atoms with Crippen LogP contribution in [0.2, 0.25) is 0 Å². The lowest BCUT2D eigenvalue weighted by atomic mass is 10.1. The van der Waals surface area contributed by atoms with Gasteiger partial charge in [-0.25, -0.2) is 4.68 Å². The molecule has 1 atom stereocenters. The Morgan fingerprint density at radius 2 is 1.61 bits per heavy atom. The molecule has 3 aromatic rings. The van der Waals surface area contributed by atoms with Gasteiger partial charge in [0.1, 0.15) is 5.82 Å². The van der Waals surface area contributed by atoms with Crippen LogP contribution in [0.5, 0.6) is 0 Å². The molecule has 0 saturated heterocycles. The lowest BCUT2D eigenvalue weighted by Gasteiger charge is -2.22. The van der Waals surface area contributed by atoms with Gasteiger partial charge >= 0.3 is 6.18 Å². The summed E-state index contributed by atoms with van der Waals surface area (Å²) in [6, 6.07) is 15.5. The zero-order chi connectivity index (χ0) is 24.2. The van der Waals surface area contributed by atoms with Gasteiger partial charge < -0.3 is 0 Å². The van der Waals surface area contributed by atoms with Crippen LogP contribution in [0, 0.1) is 4.77 Å². The molecule has 0 N–H and O–H groups in total. The number of hydrogen-bond acceptors (Lipinski definition) is 4. The molecule has 0 radical (unpaired) electrons.